The Morgan fingerprint density at radius 2 is 2.06 bits per heavy atom. The highest BCUT2D eigenvalue weighted by atomic mass is 19.1. The number of methoxy groups -OCH3 is 1. The SMILES string of the molecule is COc1cc(C)ccc1CN1CCO[C@@H](c2cc(CCOc3cccc(F)c3)n(C)n2)C1. The van der Waals surface area contributed by atoms with Crippen molar-refractivity contribution in [1.29, 1.82) is 0 Å². The molecule has 0 radical (unpaired) electrons. The van der Waals surface area contributed by atoms with Crippen LogP contribution in [0.25, 0.3) is 0 Å². The lowest BCUT2D eigenvalue weighted by Gasteiger charge is -2.32. The van der Waals surface area contributed by atoms with Crippen molar-refractivity contribution < 1.29 is 18.6 Å². The van der Waals surface area contributed by atoms with E-state index in [2.05, 4.69) is 41.2 Å². The third-order valence-corrected chi connectivity index (χ3v) is 5.74. The molecule has 0 spiro atoms. The van der Waals surface area contributed by atoms with Crippen LogP contribution in [0.4, 0.5) is 4.39 Å². The monoisotopic (exact) mass is 439 g/mol. The zero-order chi connectivity index (χ0) is 22.5. The number of halogens is 1. The second-order valence-electron chi connectivity index (χ2n) is 8.15. The van der Waals surface area contributed by atoms with E-state index in [0.717, 1.165) is 36.8 Å². The topological polar surface area (TPSA) is 48.8 Å². The predicted molar refractivity (Wildman–Crippen MR) is 121 cm³/mol. The summed E-state index contributed by atoms with van der Waals surface area (Å²) in [4.78, 5) is 2.38. The first kappa shape index (κ1) is 22.3. The van der Waals surface area contributed by atoms with E-state index in [-0.39, 0.29) is 11.9 Å². The molecule has 3 aromatic rings. The third-order valence-electron chi connectivity index (χ3n) is 5.74. The molecule has 6 nitrogen and oxygen atoms in total. The second-order valence-corrected chi connectivity index (χ2v) is 8.15. The van der Waals surface area contributed by atoms with E-state index in [1.54, 1.807) is 19.2 Å². The number of ether oxygens (including phenoxy) is 3. The van der Waals surface area contributed by atoms with Gasteiger partial charge in [-0.2, -0.15) is 5.10 Å². The fraction of sp³-hybridized carbons (Fsp3) is 0.400. The van der Waals surface area contributed by atoms with Crippen molar-refractivity contribution in [3.05, 3.63) is 76.9 Å². The van der Waals surface area contributed by atoms with Gasteiger partial charge in [0.25, 0.3) is 0 Å². The number of hydrogen-bond acceptors (Lipinski definition) is 5. The summed E-state index contributed by atoms with van der Waals surface area (Å²) in [5, 5.41) is 4.69. The van der Waals surface area contributed by atoms with Gasteiger partial charge in [0.05, 0.1) is 26.0 Å². The van der Waals surface area contributed by atoms with E-state index in [4.69, 9.17) is 14.2 Å². The Bertz CT molecular complexity index is 1050. The van der Waals surface area contributed by atoms with Gasteiger partial charge in [-0.25, -0.2) is 4.39 Å². The summed E-state index contributed by atoms with van der Waals surface area (Å²) < 4.78 is 32.5. The molecule has 0 unspecified atom stereocenters. The molecule has 32 heavy (non-hydrogen) atoms. The van der Waals surface area contributed by atoms with Gasteiger partial charge < -0.3 is 14.2 Å². The number of benzene rings is 2. The summed E-state index contributed by atoms with van der Waals surface area (Å²) >= 11 is 0. The zero-order valence-corrected chi connectivity index (χ0v) is 18.9. The van der Waals surface area contributed by atoms with E-state index < -0.39 is 0 Å². The van der Waals surface area contributed by atoms with Crippen LogP contribution in [0.15, 0.2) is 48.5 Å². The summed E-state index contributed by atoms with van der Waals surface area (Å²) in [6, 6.07) is 14.6. The summed E-state index contributed by atoms with van der Waals surface area (Å²) in [5.41, 5.74) is 4.34. The number of aryl methyl sites for hydroxylation is 2. The molecule has 2 aromatic carbocycles. The normalized spacial score (nSPS) is 16.8. The maximum absolute atomic E-state index is 13.3. The third kappa shape index (κ3) is 5.47. The Kier molecular flexibility index (Phi) is 7.07. The lowest BCUT2D eigenvalue weighted by Crippen LogP contribution is -2.38. The quantitative estimate of drug-likeness (QED) is 0.530. The number of morpholine rings is 1. The number of hydrogen-bond donors (Lipinski definition) is 0. The molecule has 1 atom stereocenters. The molecule has 7 heteroatoms. The fourth-order valence-corrected chi connectivity index (χ4v) is 4.00. The van der Waals surface area contributed by atoms with Gasteiger partial charge >= 0.3 is 0 Å². The van der Waals surface area contributed by atoms with Crippen LogP contribution in [0.1, 0.15) is 28.6 Å². The van der Waals surface area contributed by atoms with Gasteiger partial charge in [-0.3, -0.25) is 9.58 Å². The summed E-state index contributed by atoms with van der Waals surface area (Å²) in [7, 11) is 3.65. The van der Waals surface area contributed by atoms with Crippen molar-refractivity contribution in [3.8, 4) is 11.5 Å². The van der Waals surface area contributed by atoms with Crippen LogP contribution in [0.2, 0.25) is 0 Å². The highest BCUT2D eigenvalue weighted by Crippen LogP contribution is 2.26. The molecule has 1 aliphatic rings. The maximum Gasteiger partial charge on any atom is 0.126 e. The van der Waals surface area contributed by atoms with Gasteiger partial charge in [0.1, 0.15) is 23.4 Å². The van der Waals surface area contributed by atoms with Gasteiger partial charge in [0.2, 0.25) is 0 Å². The zero-order valence-electron chi connectivity index (χ0n) is 18.9. The van der Waals surface area contributed by atoms with Crippen LogP contribution >= 0.6 is 0 Å². The van der Waals surface area contributed by atoms with Crippen molar-refractivity contribution in [1.82, 2.24) is 14.7 Å². The molecule has 170 valence electrons. The van der Waals surface area contributed by atoms with Gasteiger partial charge in [0, 0.05) is 50.4 Å². The van der Waals surface area contributed by atoms with Crippen molar-refractivity contribution in [3.63, 3.8) is 0 Å². The maximum atomic E-state index is 13.3. The predicted octanol–water partition coefficient (Wildman–Crippen LogP) is 4.07. The van der Waals surface area contributed by atoms with Gasteiger partial charge in [-0.15, -0.1) is 0 Å². The average Bonchev–Trinajstić information content (AvgIpc) is 3.16. The van der Waals surface area contributed by atoms with E-state index in [1.165, 1.54) is 23.3 Å². The largest absolute Gasteiger partial charge is 0.496 e. The van der Waals surface area contributed by atoms with E-state index in [9.17, 15) is 4.39 Å². The molecule has 1 aliphatic heterocycles. The Labute approximate surface area is 188 Å². The fourth-order valence-electron chi connectivity index (χ4n) is 4.00. The molecular weight excluding hydrogens is 409 g/mol. The molecule has 0 amide bonds. The number of aromatic nitrogens is 2. The lowest BCUT2D eigenvalue weighted by molar-refractivity contribution is -0.0353. The summed E-state index contributed by atoms with van der Waals surface area (Å²) in [6.07, 6.45) is 0.598. The molecule has 2 heterocycles. The van der Waals surface area contributed by atoms with E-state index in [0.29, 0.717) is 25.4 Å². The minimum atomic E-state index is -0.299. The van der Waals surface area contributed by atoms with Gasteiger partial charge in [0.15, 0.2) is 0 Å². The second kappa shape index (κ2) is 10.1. The Morgan fingerprint density at radius 1 is 1.19 bits per heavy atom. The highest BCUT2D eigenvalue weighted by Gasteiger charge is 2.25. The first-order valence-corrected chi connectivity index (χ1v) is 10.9. The molecule has 1 aromatic heterocycles. The van der Waals surface area contributed by atoms with Crippen LogP contribution in [-0.4, -0.2) is 48.1 Å². The van der Waals surface area contributed by atoms with E-state index >= 15 is 0 Å². The first-order valence-electron chi connectivity index (χ1n) is 10.9. The Hall–Kier alpha value is -2.90. The highest BCUT2D eigenvalue weighted by molar-refractivity contribution is 5.37. The molecular formula is C25H30FN3O3. The van der Waals surface area contributed by atoms with Crippen LogP contribution < -0.4 is 9.47 Å². The Balaban J connectivity index is 1.36. The smallest absolute Gasteiger partial charge is 0.126 e. The molecule has 0 bridgehead atoms. The van der Waals surface area contributed by atoms with Gasteiger partial charge in [-0.1, -0.05) is 18.2 Å². The van der Waals surface area contributed by atoms with Crippen molar-refractivity contribution in [2.45, 2.75) is 26.0 Å². The van der Waals surface area contributed by atoms with Crippen LogP contribution in [-0.2, 0) is 24.8 Å². The Morgan fingerprint density at radius 3 is 2.88 bits per heavy atom. The first-order chi connectivity index (χ1) is 15.5. The van der Waals surface area contributed by atoms with Crippen LogP contribution in [0.5, 0.6) is 11.5 Å². The molecule has 0 saturated carbocycles. The summed E-state index contributed by atoms with van der Waals surface area (Å²) in [6.45, 7) is 5.63. The molecule has 4 rings (SSSR count). The van der Waals surface area contributed by atoms with Crippen molar-refractivity contribution in [2.75, 3.05) is 33.4 Å². The summed E-state index contributed by atoms with van der Waals surface area (Å²) in [5.74, 6) is 1.16. The van der Waals surface area contributed by atoms with Crippen molar-refractivity contribution >= 4 is 0 Å². The lowest BCUT2D eigenvalue weighted by atomic mass is 10.1. The average molecular weight is 440 g/mol. The standard InChI is InChI=1S/C25H30FN3O3/c1-18-7-8-19(24(13-18)30-3)16-29-10-12-32-25(17-29)23-15-21(28(2)27-23)9-11-31-22-6-4-5-20(26)14-22/h4-8,13-15,25H,9-12,16-17H2,1-3H3/t25-/m1/s1. The van der Waals surface area contributed by atoms with Crippen LogP contribution in [0, 0.1) is 12.7 Å². The minimum absolute atomic E-state index is 0.0794. The minimum Gasteiger partial charge on any atom is -0.496 e. The number of rotatable bonds is 8. The number of nitrogens with zero attached hydrogens (tertiary/aromatic N) is 3. The van der Waals surface area contributed by atoms with Gasteiger partial charge in [-0.05, 0) is 36.8 Å². The molecule has 1 saturated heterocycles. The molecule has 0 aliphatic carbocycles. The molecule has 0 N–H and O–H groups in total. The van der Waals surface area contributed by atoms with E-state index in [1.807, 2.05) is 11.7 Å². The van der Waals surface area contributed by atoms with Crippen LogP contribution in [0.3, 0.4) is 0 Å². The van der Waals surface area contributed by atoms with Crippen molar-refractivity contribution in [2.24, 2.45) is 7.05 Å². The molecule has 1 fully saturated rings.